The Morgan fingerprint density at radius 2 is 1.71 bits per heavy atom. The summed E-state index contributed by atoms with van der Waals surface area (Å²) in [5.74, 6) is -0.125. The van der Waals surface area contributed by atoms with Crippen LogP contribution < -0.4 is 5.32 Å². The standard InChI is InChI=1S/C21H22N2O4S/c1-5-27-21(24)16-8-10-18(11-9-16)22-20-15(4)19(28(25,26)23-20)17-7-6-13(2)14(3)12-17/h6-12H,5H2,1-4H3,(H,22,23). The van der Waals surface area contributed by atoms with Gasteiger partial charge in [0.2, 0.25) is 0 Å². The second-order valence-electron chi connectivity index (χ2n) is 6.59. The van der Waals surface area contributed by atoms with Crippen molar-refractivity contribution in [2.45, 2.75) is 27.7 Å². The average Bonchev–Trinajstić information content (AvgIpc) is 2.86. The molecule has 1 aliphatic heterocycles. The van der Waals surface area contributed by atoms with Crippen molar-refractivity contribution in [2.24, 2.45) is 4.40 Å². The van der Waals surface area contributed by atoms with Crippen LogP contribution in [0.1, 0.15) is 40.9 Å². The third kappa shape index (κ3) is 3.84. The van der Waals surface area contributed by atoms with Crippen LogP contribution >= 0.6 is 0 Å². The Bertz CT molecular complexity index is 1100. The second-order valence-corrected chi connectivity index (χ2v) is 8.13. The fraction of sp³-hybridized carbons (Fsp3) is 0.238. The molecule has 0 atom stereocenters. The molecule has 1 N–H and O–H groups in total. The van der Waals surface area contributed by atoms with E-state index in [1.807, 2.05) is 26.0 Å². The van der Waals surface area contributed by atoms with Gasteiger partial charge in [-0.25, -0.2) is 4.79 Å². The minimum Gasteiger partial charge on any atom is -0.462 e. The number of rotatable bonds is 4. The van der Waals surface area contributed by atoms with E-state index in [1.165, 1.54) is 0 Å². The Hall–Kier alpha value is -2.93. The van der Waals surface area contributed by atoms with Crippen LogP contribution in [0.4, 0.5) is 5.69 Å². The van der Waals surface area contributed by atoms with E-state index in [9.17, 15) is 13.2 Å². The summed E-state index contributed by atoms with van der Waals surface area (Å²) in [7, 11) is -3.79. The van der Waals surface area contributed by atoms with E-state index in [2.05, 4.69) is 9.71 Å². The van der Waals surface area contributed by atoms with Gasteiger partial charge in [0.25, 0.3) is 10.0 Å². The molecule has 0 radical (unpaired) electrons. The maximum atomic E-state index is 12.6. The molecule has 1 heterocycles. The molecule has 0 saturated carbocycles. The highest BCUT2D eigenvalue weighted by Crippen LogP contribution is 2.33. The Labute approximate surface area is 165 Å². The van der Waals surface area contributed by atoms with Crippen LogP contribution in [-0.2, 0) is 14.8 Å². The quantitative estimate of drug-likeness (QED) is 0.785. The van der Waals surface area contributed by atoms with Gasteiger partial charge in [-0.1, -0.05) is 18.2 Å². The highest BCUT2D eigenvalue weighted by molar-refractivity contribution is 8.00. The van der Waals surface area contributed by atoms with E-state index in [1.54, 1.807) is 44.2 Å². The van der Waals surface area contributed by atoms with Crippen molar-refractivity contribution in [2.75, 3.05) is 11.9 Å². The molecule has 2 aromatic rings. The number of nitrogens with one attached hydrogen (secondary N) is 1. The molecule has 6 nitrogen and oxygen atoms in total. The zero-order chi connectivity index (χ0) is 20.5. The normalized spacial score (nSPS) is 15.4. The molecule has 7 heteroatoms. The van der Waals surface area contributed by atoms with Gasteiger partial charge in [0, 0.05) is 11.3 Å². The lowest BCUT2D eigenvalue weighted by atomic mass is 10.0. The first-order valence-electron chi connectivity index (χ1n) is 8.91. The Morgan fingerprint density at radius 1 is 1.04 bits per heavy atom. The summed E-state index contributed by atoms with van der Waals surface area (Å²) in [5.41, 5.74) is 4.35. The van der Waals surface area contributed by atoms with Crippen LogP contribution in [-0.4, -0.2) is 26.8 Å². The first-order valence-corrected chi connectivity index (χ1v) is 10.3. The van der Waals surface area contributed by atoms with E-state index in [4.69, 9.17) is 4.74 Å². The van der Waals surface area contributed by atoms with E-state index >= 15 is 0 Å². The molecule has 0 unspecified atom stereocenters. The number of nitrogens with zero attached hydrogens (tertiary/aromatic N) is 1. The Balaban J connectivity index is 1.90. The molecule has 0 saturated heterocycles. The molecule has 0 aromatic heterocycles. The van der Waals surface area contributed by atoms with Gasteiger partial charge in [-0.15, -0.1) is 4.40 Å². The number of ether oxygens (including phenoxy) is 1. The van der Waals surface area contributed by atoms with Crippen molar-refractivity contribution in [1.29, 1.82) is 0 Å². The molecule has 0 fully saturated rings. The van der Waals surface area contributed by atoms with Crippen LogP contribution in [0.15, 0.2) is 52.4 Å². The van der Waals surface area contributed by atoms with Crippen LogP contribution in [0.2, 0.25) is 0 Å². The molecule has 0 amide bonds. The lowest BCUT2D eigenvalue weighted by Gasteiger charge is -2.09. The number of aryl methyl sites for hydroxylation is 2. The third-order valence-electron chi connectivity index (χ3n) is 4.59. The van der Waals surface area contributed by atoms with E-state index in [0.717, 1.165) is 11.1 Å². The van der Waals surface area contributed by atoms with Gasteiger partial charge in [-0.2, -0.15) is 8.42 Å². The van der Waals surface area contributed by atoms with Gasteiger partial charge in [0.1, 0.15) is 10.7 Å². The molecule has 0 aliphatic carbocycles. The van der Waals surface area contributed by atoms with Gasteiger partial charge in [-0.05, 0) is 68.7 Å². The van der Waals surface area contributed by atoms with Gasteiger partial charge in [-0.3, -0.25) is 0 Å². The van der Waals surface area contributed by atoms with Crippen molar-refractivity contribution >= 4 is 32.4 Å². The summed E-state index contributed by atoms with van der Waals surface area (Å²) >= 11 is 0. The van der Waals surface area contributed by atoms with Crippen molar-refractivity contribution in [3.8, 4) is 0 Å². The number of esters is 1. The highest BCUT2D eigenvalue weighted by atomic mass is 32.2. The monoisotopic (exact) mass is 398 g/mol. The maximum absolute atomic E-state index is 12.6. The predicted octanol–water partition coefficient (Wildman–Crippen LogP) is 4.07. The fourth-order valence-electron chi connectivity index (χ4n) is 2.94. The summed E-state index contributed by atoms with van der Waals surface area (Å²) in [6, 6.07) is 12.2. The smallest absolute Gasteiger partial charge is 0.338 e. The van der Waals surface area contributed by atoms with Gasteiger partial charge < -0.3 is 10.1 Å². The number of hydrogen-bond acceptors (Lipinski definition) is 5. The second kappa shape index (κ2) is 7.59. The van der Waals surface area contributed by atoms with E-state index < -0.39 is 16.0 Å². The maximum Gasteiger partial charge on any atom is 0.338 e. The van der Waals surface area contributed by atoms with Crippen molar-refractivity contribution < 1.29 is 17.9 Å². The summed E-state index contributed by atoms with van der Waals surface area (Å²) in [6.45, 7) is 7.70. The lowest BCUT2D eigenvalue weighted by Crippen LogP contribution is -2.12. The molecule has 3 rings (SSSR count). The number of hydrogen-bond donors (Lipinski definition) is 1. The fourth-order valence-corrected chi connectivity index (χ4v) is 4.36. The Morgan fingerprint density at radius 3 is 2.32 bits per heavy atom. The molecule has 28 heavy (non-hydrogen) atoms. The molecule has 146 valence electrons. The summed E-state index contributed by atoms with van der Waals surface area (Å²) in [5, 5.41) is 3.03. The van der Waals surface area contributed by atoms with Gasteiger partial charge in [0.15, 0.2) is 0 Å². The third-order valence-corrected chi connectivity index (χ3v) is 6.07. The average molecular weight is 398 g/mol. The van der Waals surface area contributed by atoms with E-state index in [0.29, 0.717) is 29.0 Å². The number of carbonyl (C=O) groups is 1. The zero-order valence-electron chi connectivity index (χ0n) is 16.2. The minimum atomic E-state index is -3.79. The zero-order valence-corrected chi connectivity index (χ0v) is 17.1. The first kappa shape index (κ1) is 19.8. The highest BCUT2D eigenvalue weighted by Gasteiger charge is 2.31. The molecule has 1 aliphatic rings. The Kier molecular flexibility index (Phi) is 5.38. The van der Waals surface area contributed by atoms with Crippen LogP contribution in [0.25, 0.3) is 4.91 Å². The van der Waals surface area contributed by atoms with E-state index in [-0.39, 0.29) is 10.7 Å². The summed E-state index contributed by atoms with van der Waals surface area (Å²) in [4.78, 5) is 11.9. The molecule has 0 spiro atoms. The lowest BCUT2D eigenvalue weighted by molar-refractivity contribution is 0.0526. The molecular weight excluding hydrogens is 376 g/mol. The predicted molar refractivity (Wildman–Crippen MR) is 111 cm³/mol. The SMILES string of the molecule is CCOC(=O)c1ccc(NC2=NS(=O)(=O)C(c3ccc(C)c(C)c3)=C2C)cc1. The molecular formula is C21H22N2O4S. The largest absolute Gasteiger partial charge is 0.462 e. The number of anilines is 1. The molecule has 2 aromatic carbocycles. The number of sulfonamides is 1. The van der Waals surface area contributed by atoms with Crippen molar-refractivity contribution in [3.63, 3.8) is 0 Å². The number of benzene rings is 2. The van der Waals surface area contributed by atoms with Crippen LogP contribution in [0.5, 0.6) is 0 Å². The summed E-state index contributed by atoms with van der Waals surface area (Å²) in [6.07, 6.45) is 0. The van der Waals surface area contributed by atoms with Gasteiger partial charge in [0.05, 0.1) is 12.2 Å². The van der Waals surface area contributed by atoms with Crippen LogP contribution in [0.3, 0.4) is 0 Å². The minimum absolute atomic E-state index is 0.209. The molecule has 0 bridgehead atoms. The van der Waals surface area contributed by atoms with Crippen molar-refractivity contribution in [3.05, 3.63) is 70.3 Å². The number of carbonyl (C=O) groups excluding carboxylic acids is 1. The van der Waals surface area contributed by atoms with Crippen molar-refractivity contribution in [1.82, 2.24) is 0 Å². The number of amidine groups is 1. The van der Waals surface area contributed by atoms with Crippen LogP contribution in [0, 0.1) is 13.8 Å². The summed E-state index contributed by atoms with van der Waals surface area (Å²) < 4.78 is 34.1. The first-order chi connectivity index (χ1) is 13.2. The topological polar surface area (TPSA) is 84.8 Å². The van der Waals surface area contributed by atoms with Gasteiger partial charge >= 0.3 is 5.97 Å².